The minimum absolute atomic E-state index is 0.0335. The minimum atomic E-state index is -4.25. The summed E-state index contributed by atoms with van der Waals surface area (Å²) in [5, 5.41) is 3.04. The van der Waals surface area contributed by atoms with Crippen molar-refractivity contribution in [3.63, 3.8) is 0 Å². The summed E-state index contributed by atoms with van der Waals surface area (Å²) >= 11 is 12.3. The topological polar surface area (TPSA) is 86.8 Å². The monoisotopic (exact) mass is 579 g/mol. The van der Waals surface area contributed by atoms with Crippen molar-refractivity contribution in [2.24, 2.45) is 0 Å². The van der Waals surface area contributed by atoms with Crippen LogP contribution in [0, 0.1) is 12.7 Å². The molecule has 2 amide bonds. The number of rotatable bonds is 10. The Morgan fingerprint density at radius 2 is 1.55 bits per heavy atom. The second-order valence-corrected chi connectivity index (χ2v) is 11.4. The Labute approximate surface area is 232 Å². The van der Waals surface area contributed by atoms with E-state index in [2.05, 4.69) is 5.32 Å². The molecule has 0 bridgehead atoms. The lowest BCUT2D eigenvalue weighted by Gasteiger charge is -2.32. The van der Waals surface area contributed by atoms with E-state index in [0.717, 1.165) is 9.87 Å². The highest BCUT2D eigenvalue weighted by atomic mass is 35.5. The molecule has 0 saturated carbocycles. The van der Waals surface area contributed by atoms with Crippen molar-refractivity contribution >= 4 is 50.7 Å². The Morgan fingerprint density at radius 1 is 0.974 bits per heavy atom. The summed E-state index contributed by atoms with van der Waals surface area (Å²) in [5.41, 5.74) is 1.51. The Hall–Kier alpha value is -3.14. The molecule has 0 fully saturated rings. The predicted molar refractivity (Wildman–Crippen MR) is 147 cm³/mol. The van der Waals surface area contributed by atoms with E-state index in [4.69, 9.17) is 23.2 Å². The van der Waals surface area contributed by atoms with Gasteiger partial charge in [0.05, 0.1) is 10.6 Å². The van der Waals surface area contributed by atoms with Crippen LogP contribution in [0.2, 0.25) is 10.0 Å². The molecule has 38 heavy (non-hydrogen) atoms. The molecule has 0 aliphatic heterocycles. The van der Waals surface area contributed by atoms with Gasteiger partial charge in [-0.2, -0.15) is 0 Å². The van der Waals surface area contributed by atoms with Gasteiger partial charge in [-0.05, 0) is 68.8 Å². The number of nitrogens with zero attached hydrogens (tertiary/aromatic N) is 2. The van der Waals surface area contributed by atoms with Crippen LogP contribution < -0.4 is 9.62 Å². The number of aryl methyl sites for hydroxylation is 1. The predicted octanol–water partition coefficient (Wildman–Crippen LogP) is 5.19. The van der Waals surface area contributed by atoms with Crippen molar-refractivity contribution in [3.8, 4) is 0 Å². The molecule has 1 N–H and O–H groups in total. The first kappa shape index (κ1) is 29.4. The number of anilines is 1. The molecule has 202 valence electrons. The molecule has 1 unspecified atom stereocenters. The van der Waals surface area contributed by atoms with Crippen molar-refractivity contribution in [2.75, 3.05) is 17.4 Å². The van der Waals surface area contributed by atoms with Crippen molar-refractivity contribution < 1.29 is 22.4 Å². The van der Waals surface area contributed by atoms with Crippen LogP contribution in [0.4, 0.5) is 10.1 Å². The molecular weight excluding hydrogens is 552 g/mol. The third-order valence-electron chi connectivity index (χ3n) is 5.81. The van der Waals surface area contributed by atoms with Crippen LogP contribution in [0.3, 0.4) is 0 Å². The van der Waals surface area contributed by atoms with E-state index < -0.39 is 40.2 Å². The third kappa shape index (κ3) is 7.24. The molecule has 0 heterocycles. The number of hydrogen-bond acceptors (Lipinski definition) is 4. The van der Waals surface area contributed by atoms with Gasteiger partial charge in [-0.3, -0.25) is 13.9 Å². The molecule has 0 aliphatic carbocycles. The highest BCUT2D eigenvalue weighted by Gasteiger charge is 2.32. The van der Waals surface area contributed by atoms with Gasteiger partial charge in [0.25, 0.3) is 10.0 Å². The van der Waals surface area contributed by atoms with Crippen LogP contribution in [0.5, 0.6) is 0 Å². The molecule has 3 rings (SSSR count). The Kier molecular flexibility index (Phi) is 9.76. The van der Waals surface area contributed by atoms with Crippen molar-refractivity contribution in [3.05, 3.63) is 93.7 Å². The number of carbonyl (C=O) groups is 2. The number of likely N-dealkylation sites (N-methyl/N-ethyl adjacent to an activating group) is 1. The minimum Gasteiger partial charge on any atom is -0.355 e. The molecule has 0 spiro atoms. The SMILES string of the molecule is CCNC(=O)C(C)N(Cc1ccc(F)cc1)C(=O)CN(c1cc(Cl)cc(Cl)c1)S(=O)(=O)c1ccc(C)cc1. The van der Waals surface area contributed by atoms with Crippen molar-refractivity contribution in [1.29, 1.82) is 0 Å². The summed E-state index contributed by atoms with van der Waals surface area (Å²) in [5.74, 6) is -1.52. The fraction of sp³-hybridized carbons (Fsp3) is 0.259. The van der Waals surface area contributed by atoms with E-state index in [1.54, 1.807) is 26.0 Å². The lowest BCUT2D eigenvalue weighted by Crippen LogP contribution is -2.51. The van der Waals surface area contributed by atoms with Gasteiger partial charge >= 0.3 is 0 Å². The van der Waals surface area contributed by atoms with Gasteiger partial charge in [0.1, 0.15) is 18.4 Å². The fourth-order valence-electron chi connectivity index (χ4n) is 3.74. The van der Waals surface area contributed by atoms with E-state index in [9.17, 15) is 22.4 Å². The van der Waals surface area contributed by atoms with Gasteiger partial charge < -0.3 is 10.2 Å². The van der Waals surface area contributed by atoms with Crippen molar-refractivity contribution in [2.45, 2.75) is 38.3 Å². The first-order valence-electron chi connectivity index (χ1n) is 11.8. The smallest absolute Gasteiger partial charge is 0.264 e. The lowest BCUT2D eigenvalue weighted by atomic mass is 10.1. The molecule has 0 radical (unpaired) electrons. The number of sulfonamides is 1. The van der Waals surface area contributed by atoms with Gasteiger partial charge in [0, 0.05) is 23.1 Å². The van der Waals surface area contributed by atoms with Crippen LogP contribution in [0.1, 0.15) is 25.0 Å². The maximum absolute atomic E-state index is 13.8. The van der Waals surface area contributed by atoms with Crippen LogP contribution in [0.25, 0.3) is 0 Å². The third-order valence-corrected chi connectivity index (χ3v) is 8.03. The average Bonchev–Trinajstić information content (AvgIpc) is 2.86. The van der Waals surface area contributed by atoms with Crippen LogP contribution >= 0.6 is 23.2 Å². The maximum atomic E-state index is 13.8. The molecule has 0 aliphatic rings. The van der Waals surface area contributed by atoms with E-state index >= 15 is 0 Å². The molecule has 1 atom stereocenters. The Morgan fingerprint density at radius 3 is 2.11 bits per heavy atom. The van der Waals surface area contributed by atoms with Gasteiger partial charge in [-0.25, -0.2) is 12.8 Å². The van der Waals surface area contributed by atoms with Crippen LogP contribution in [0.15, 0.2) is 71.6 Å². The first-order chi connectivity index (χ1) is 17.9. The normalized spacial score (nSPS) is 12.1. The zero-order valence-corrected chi connectivity index (χ0v) is 23.4. The number of hydrogen-bond donors (Lipinski definition) is 1. The average molecular weight is 581 g/mol. The number of benzene rings is 3. The number of halogens is 3. The maximum Gasteiger partial charge on any atom is 0.264 e. The van der Waals surface area contributed by atoms with Crippen LogP contribution in [-0.4, -0.2) is 44.3 Å². The summed E-state index contributed by atoms with van der Waals surface area (Å²) in [7, 11) is -4.25. The fourth-order valence-corrected chi connectivity index (χ4v) is 5.65. The summed E-state index contributed by atoms with van der Waals surface area (Å²) in [4.78, 5) is 27.7. The molecule has 7 nitrogen and oxygen atoms in total. The van der Waals surface area contributed by atoms with Gasteiger partial charge in [0.15, 0.2) is 0 Å². The van der Waals surface area contributed by atoms with Gasteiger partial charge in [-0.1, -0.05) is 53.0 Å². The number of nitrogens with one attached hydrogen (secondary N) is 1. The Bertz CT molecular complexity index is 1380. The number of amides is 2. The highest BCUT2D eigenvalue weighted by molar-refractivity contribution is 7.92. The Balaban J connectivity index is 2.06. The highest BCUT2D eigenvalue weighted by Crippen LogP contribution is 2.30. The second kappa shape index (κ2) is 12.6. The second-order valence-electron chi connectivity index (χ2n) is 8.67. The van der Waals surface area contributed by atoms with Gasteiger partial charge in [-0.15, -0.1) is 0 Å². The molecular formula is C27H28Cl2FN3O4S. The van der Waals surface area contributed by atoms with E-state index in [0.29, 0.717) is 12.1 Å². The molecule has 0 saturated heterocycles. The zero-order chi connectivity index (χ0) is 28.0. The summed E-state index contributed by atoms with van der Waals surface area (Å²) in [6.07, 6.45) is 0. The first-order valence-corrected chi connectivity index (χ1v) is 14.0. The van der Waals surface area contributed by atoms with E-state index in [1.165, 1.54) is 59.5 Å². The lowest BCUT2D eigenvalue weighted by molar-refractivity contribution is -0.139. The number of carbonyl (C=O) groups excluding carboxylic acids is 2. The summed E-state index contributed by atoms with van der Waals surface area (Å²) < 4.78 is 41.9. The zero-order valence-electron chi connectivity index (χ0n) is 21.1. The van der Waals surface area contributed by atoms with Crippen molar-refractivity contribution in [1.82, 2.24) is 10.2 Å². The summed E-state index contributed by atoms with van der Waals surface area (Å²) in [6, 6.07) is 15.0. The van der Waals surface area contributed by atoms with E-state index in [-0.39, 0.29) is 27.2 Å². The molecule has 11 heteroatoms. The van der Waals surface area contributed by atoms with Crippen LogP contribution in [-0.2, 0) is 26.2 Å². The quantitative estimate of drug-likeness (QED) is 0.358. The molecule has 0 aromatic heterocycles. The molecule has 3 aromatic carbocycles. The largest absolute Gasteiger partial charge is 0.355 e. The molecule has 3 aromatic rings. The summed E-state index contributed by atoms with van der Waals surface area (Å²) in [6.45, 7) is 4.77. The standard InChI is InChI=1S/C27H28Cl2FN3O4S/c1-4-31-27(35)19(3)32(16-20-7-9-23(30)10-8-20)26(34)17-33(24-14-21(28)13-22(29)15-24)38(36,37)25-11-5-18(2)6-12-25/h5-15,19H,4,16-17H2,1-3H3,(H,31,35). The van der Waals surface area contributed by atoms with E-state index in [1.807, 2.05) is 6.92 Å². The van der Waals surface area contributed by atoms with Gasteiger partial charge in [0.2, 0.25) is 11.8 Å².